The number of hydrogen-bond acceptors (Lipinski definition) is 3. The SMILES string of the molecule is C=Cc1cc2cc3c4ccccc4n(C/N=C(\C=C(/N)c4ccccc4)c4ccccc4)c3cc2cc1Nc1ccccc1. The fourth-order valence-electron chi connectivity index (χ4n) is 5.80. The zero-order chi connectivity index (χ0) is 29.9. The number of hydrogen-bond donors (Lipinski definition) is 2. The van der Waals surface area contributed by atoms with Gasteiger partial charge in [0, 0.05) is 27.8 Å². The molecule has 0 unspecified atom stereocenters. The number of aromatic nitrogens is 1. The van der Waals surface area contributed by atoms with E-state index in [1.807, 2.05) is 78.9 Å². The molecule has 7 rings (SSSR count). The summed E-state index contributed by atoms with van der Waals surface area (Å²) in [5.41, 5.74) is 15.5. The summed E-state index contributed by atoms with van der Waals surface area (Å²) in [5, 5.41) is 8.29. The van der Waals surface area contributed by atoms with Crippen LogP contribution in [0.2, 0.25) is 0 Å². The number of nitrogens with two attached hydrogens (primary N) is 1. The molecule has 1 aromatic heterocycles. The predicted molar refractivity (Wildman–Crippen MR) is 188 cm³/mol. The van der Waals surface area contributed by atoms with E-state index in [-0.39, 0.29) is 0 Å². The molecule has 3 N–H and O–H groups in total. The lowest BCUT2D eigenvalue weighted by Crippen LogP contribution is -2.06. The van der Waals surface area contributed by atoms with E-state index in [1.54, 1.807) is 0 Å². The van der Waals surface area contributed by atoms with E-state index in [0.717, 1.165) is 50.2 Å². The van der Waals surface area contributed by atoms with Crippen molar-refractivity contribution in [3.05, 3.63) is 169 Å². The summed E-state index contributed by atoms with van der Waals surface area (Å²) in [4.78, 5) is 5.18. The van der Waals surface area contributed by atoms with Crippen LogP contribution >= 0.6 is 0 Å². The molecular formula is C40H32N4. The van der Waals surface area contributed by atoms with Crippen molar-refractivity contribution in [3.63, 3.8) is 0 Å². The number of nitrogens with zero attached hydrogens (tertiary/aromatic N) is 2. The summed E-state index contributed by atoms with van der Waals surface area (Å²) < 4.78 is 2.30. The Kier molecular flexibility index (Phi) is 7.23. The Morgan fingerprint density at radius 2 is 1.32 bits per heavy atom. The summed E-state index contributed by atoms with van der Waals surface area (Å²) in [6.45, 7) is 4.53. The van der Waals surface area contributed by atoms with Gasteiger partial charge in [-0.3, -0.25) is 4.99 Å². The van der Waals surface area contributed by atoms with Crippen molar-refractivity contribution in [1.82, 2.24) is 4.57 Å². The number of benzene rings is 6. The molecule has 0 saturated heterocycles. The average molecular weight is 569 g/mol. The van der Waals surface area contributed by atoms with Crippen molar-refractivity contribution in [2.75, 3.05) is 5.32 Å². The van der Waals surface area contributed by atoms with Crippen molar-refractivity contribution in [3.8, 4) is 0 Å². The molecule has 6 aromatic carbocycles. The van der Waals surface area contributed by atoms with Gasteiger partial charge in [-0.1, -0.05) is 110 Å². The molecule has 0 aliphatic heterocycles. The highest BCUT2D eigenvalue weighted by atomic mass is 15.1. The van der Waals surface area contributed by atoms with Gasteiger partial charge in [-0.15, -0.1) is 0 Å². The molecule has 7 aromatic rings. The molecule has 0 aliphatic carbocycles. The quantitative estimate of drug-likeness (QED) is 0.179. The molecular weight excluding hydrogens is 536 g/mol. The minimum atomic E-state index is 0.443. The Balaban J connectivity index is 1.37. The Morgan fingerprint density at radius 1 is 0.682 bits per heavy atom. The highest BCUT2D eigenvalue weighted by molar-refractivity contribution is 6.14. The minimum Gasteiger partial charge on any atom is -0.398 e. The first kappa shape index (κ1) is 27.0. The van der Waals surface area contributed by atoms with Crippen molar-refractivity contribution < 1.29 is 0 Å². The maximum absolute atomic E-state index is 6.58. The summed E-state index contributed by atoms with van der Waals surface area (Å²) >= 11 is 0. The maximum Gasteiger partial charge on any atom is 0.115 e. The normalized spacial score (nSPS) is 12.2. The number of rotatable bonds is 8. The molecule has 0 fully saturated rings. The Labute approximate surface area is 257 Å². The molecule has 0 atom stereocenters. The van der Waals surface area contributed by atoms with Gasteiger partial charge in [0.15, 0.2) is 0 Å². The molecule has 0 spiro atoms. The van der Waals surface area contributed by atoms with Gasteiger partial charge in [0.05, 0.1) is 16.7 Å². The molecule has 212 valence electrons. The van der Waals surface area contributed by atoms with Crippen LogP contribution in [0.5, 0.6) is 0 Å². The first-order chi connectivity index (χ1) is 21.7. The second-order valence-electron chi connectivity index (χ2n) is 10.8. The average Bonchev–Trinajstić information content (AvgIpc) is 3.38. The zero-order valence-electron chi connectivity index (χ0n) is 24.3. The molecule has 0 radical (unpaired) electrons. The van der Waals surface area contributed by atoms with Crippen LogP contribution in [-0.4, -0.2) is 10.3 Å². The van der Waals surface area contributed by atoms with Crippen LogP contribution in [0.1, 0.15) is 16.7 Å². The van der Waals surface area contributed by atoms with Crippen LogP contribution in [0.25, 0.3) is 44.4 Å². The topological polar surface area (TPSA) is 55.3 Å². The Bertz CT molecular complexity index is 2170. The van der Waals surface area contributed by atoms with E-state index in [9.17, 15) is 0 Å². The minimum absolute atomic E-state index is 0.443. The van der Waals surface area contributed by atoms with Crippen LogP contribution in [0.15, 0.2) is 157 Å². The number of nitrogens with one attached hydrogen (secondary N) is 1. The molecule has 0 bridgehead atoms. The third-order valence-electron chi connectivity index (χ3n) is 8.02. The van der Waals surface area contributed by atoms with E-state index < -0.39 is 0 Å². The summed E-state index contributed by atoms with van der Waals surface area (Å²) in [7, 11) is 0. The van der Waals surface area contributed by atoms with Gasteiger partial charge < -0.3 is 15.6 Å². The molecule has 4 heteroatoms. The monoisotopic (exact) mass is 568 g/mol. The Hall–Kier alpha value is -5.87. The standard InChI is InChI=1S/C40H32N4/c1-2-28-22-31-23-35-34-20-12-13-21-39(34)44(40(35)25-32(31)24-38(28)43-33-18-10-5-11-19-33)27-42-37(30-16-8-4-9-17-30)26-36(41)29-14-6-3-7-15-29/h2-26,43H,1,27,41H2/b36-26-,42-37+. The van der Waals surface area contributed by atoms with E-state index >= 15 is 0 Å². The van der Waals surface area contributed by atoms with Crippen LogP contribution in [0, 0.1) is 0 Å². The second-order valence-corrected chi connectivity index (χ2v) is 10.8. The third-order valence-corrected chi connectivity index (χ3v) is 8.02. The number of fused-ring (bicyclic) bond motifs is 4. The lowest BCUT2D eigenvalue weighted by Gasteiger charge is -2.13. The van der Waals surface area contributed by atoms with Crippen LogP contribution in [-0.2, 0) is 6.67 Å². The third kappa shape index (κ3) is 5.25. The fraction of sp³-hybridized carbons (Fsp3) is 0.0250. The molecule has 44 heavy (non-hydrogen) atoms. The van der Waals surface area contributed by atoms with Gasteiger partial charge in [-0.25, -0.2) is 0 Å². The highest BCUT2D eigenvalue weighted by Crippen LogP contribution is 2.35. The van der Waals surface area contributed by atoms with Gasteiger partial charge >= 0.3 is 0 Å². The van der Waals surface area contributed by atoms with E-state index in [0.29, 0.717) is 12.4 Å². The maximum atomic E-state index is 6.58. The molecule has 4 nitrogen and oxygen atoms in total. The van der Waals surface area contributed by atoms with Crippen LogP contribution < -0.4 is 11.1 Å². The van der Waals surface area contributed by atoms with Crippen LogP contribution in [0.4, 0.5) is 11.4 Å². The smallest absolute Gasteiger partial charge is 0.115 e. The van der Waals surface area contributed by atoms with E-state index in [4.69, 9.17) is 10.7 Å². The number of aliphatic imine (C=N–C) groups is 1. The summed E-state index contributed by atoms with van der Waals surface area (Å²) in [5.74, 6) is 0. The largest absolute Gasteiger partial charge is 0.398 e. The van der Waals surface area contributed by atoms with Gasteiger partial charge in [0.2, 0.25) is 0 Å². The number of anilines is 2. The number of allylic oxidation sites excluding steroid dienone is 1. The lowest BCUT2D eigenvalue weighted by atomic mass is 10.0. The van der Waals surface area contributed by atoms with Crippen LogP contribution in [0.3, 0.4) is 0 Å². The first-order valence-corrected chi connectivity index (χ1v) is 14.7. The number of para-hydroxylation sites is 2. The van der Waals surface area contributed by atoms with E-state index in [1.165, 1.54) is 16.2 Å². The van der Waals surface area contributed by atoms with E-state index in [2.05, 4.69) is 89.3 Å². The van der Waals surface area contributed by atoms with Gasteiger partial charge in [-0.05, 0) is 76.0 Å². The van der Waals surface area contributed by atoms with Crippen molar-refractivity contribution in [1.29, 1.82) is 0 Å². The molecule has 1 heterocycles. The fourth-order valence-corrected chi connectivity index (χ4v) is 5.80. The predicted octanol–water partition coefficient (Wildman–Crippen LogP) is 9.78. The van der Waals surface area contributed by atoms with Gasteiger partial charge in [0.1, 0.15) is 6.67 Å². The lowest BCUT2D eigenvalue weighted by molar-refractivity contribution is 0.794. The highest BCUT2D eigenvalue weighted by Gasteiger charge is 2.13. The molecule has 0 aliphatic rings. The Morgan fingerprint density at radius 3 is 2.05 bits per heavy atom. The summed E-state index contributed by atoms with van der Waals surface area (Å²) in [6, 6.07) is 48.0. The first-order valence-electron chi connectivity index (χ1n) is 14.7. The molecule has 0 amide bonds. The van der Waals surface area contributed by atoms with Gasteiger partial charge in [-0.2, -0.15) is 0 Å². The second kappa shape index (κ2) is 11.8. The van der Waals surface area contributed by atoms with Gasteiger partial charge in [0.25, 0.3) is 0 Å². The molecule has 0 saturated carbocycles. The van der Waals surface area contributed by atoms with Crippen molar-refractivity contribution in [2.24, 2.45) is 10.7 Å². The zero-order valence-corrected chi connectivity index (χ0v) is 24.3. The van der Waals surface area contributed by atoms with Crippen molar-refractivity contribution >= 4 is 61.4 Å². The van der Waals surface area contributed by atoms with Crippen molar-refractivity contribution in [2.45, 2.75) is 6.67 Å². The summed E-state index contributed by atoms with van der Waals surface area (Å²) in [6.07, 6.45) is 3.89.